The Morgan fingerprint density at radius 1 is 1.17 bits per heavy atom. The number of aryl methyl sites for hydroxylation is 1. The number of carbonyl (C=O) groups is 1. The third-order valence-electron chi connectivity index (χ3n) is 4.58. The number of hydrogen-bond donors (Lipinski definition) is 1. The summed E-state index contributed by atoms with van der Waals surface area (Å²) < 4.78 is 16.5. The van der Waals surface area contributed by atoms with Crippen LogP contribution in [0.1, 0.15) is 5.56 Å². The number of nitrogens with zero attached hydrogens (tertiary/aromatic N) is 2. The molecule has 2 aromatic heterocycles. The summed E-state index contributed by atoms with van der Waals surface area (Å²) in [6.45, 7) is 1.26. The van der Waals surface area contributed by atoms with Gasteiger partial charge in [0, 0.05) is 10.7 Å². The van der Waals surface area contributed by atoms with Gasteiger partial charge in [0.25, 0.3) is 5.56 Å². The summed E-state index contributed by atoms with van der Waals surface area (Å²) >= 11 is 7.08. The summed E-state index contributed by atoms with van der Waals surface area (Å²) in [6, 6.07) is 12.3. The second-order valence-electron chi connectivity index (χ2n) is 6.64. The van der Waals surface area contributed by atoms with E-state index in [-0.39, 0.29) is 12.2 Å². The summed E-state index contributed by atoms with van der Waals surface area (Å²) in [5.41, 5.74) is 0.0453. The van der Waals surface area contributed by atoms with Gasteiger partial charge in [0.1, 0.15) is 17.1 Å². The quantitative estimate of drug-likeness (QED) is 0.519. The summed E-state index contributed by atoms with van der Waals surface area (Å²) in [7, 11) is 0. The lowest BCUT2D eigenvalue weighted by molar-refractivity contribution is -0.116. The van der Waals surface area contributed by atoms with Crippen LogP contribution in [0.15, 0.2) is 63.5 Å². The van der Waals surface area contributed by atoms with Crippen LogP contribution in [-0.4, -0.2) is 15.0 Å². The molecule has 0 saturated heterocycles. The minimum Gasteiger partial charge on any atom is -0.324 e. The minimum atomic E-state index is -0.726. The van der Waals surface area contributed by atoms with Crippen LogP contribution in [0.3, 0.4) is 0 Å². The lowest BCUT2D eigenvalue weighted by atomic mass is 10.2. The normalized spacial score (nSPS) is 11.0. The van der Waals surface area contributed by atoms with Crippen molar-refractivity contribution in [2.45, 2.75) is 13.5 Å². The fourth-order valence-electron chi connectivity index (χ4n) is 3.10. The van der Waals surface area contributed by atoms with Crippen molar-refractivity contribution in [1.29, 1.82) is 0 Å². The Bertz CT molecular complexity index is 1410. The molecule has 0 saturated carbocycles. The van der Waals surface area contributed by atoms with Gasteiger partial charge in [0.2, 0.25) is 5.91 Å². The SMILES string of the molecule is Cc1ccc(-n2c(=O)c3sccc3n(CC(=O)Nc3cccc(Cl)c3)c2=O)cc1F. The zero-order valence-corrected chi connectivity index (χ0v) is 17.3. The maximum atomic E-state index is 14.1. The van der Waals surface area contributed by atoms with Crippen molar-refractivity contribution in [3.63, 3.8) is 0 Å². The third-order valence-corrected chi connectivity index (χ3v) is 5.71. The van der Waals surface area contributed by atoms with Crippen molar-refractivity contribution < 1.29 is 9.18 Å². The highest BCUT2D eigenvalue weighted by atomic mass is 35.5. The van der Waals surface area contributed by atoms with Gasteiger partial charge in [-0.2, -0.15) is 0 Å². The molecule has 9 heteroatoms. The second-order valence-corrected chi connectivity index (χ2v) is 7.99. The van der Waals surface area contributed by atoms with Crippen LogP contribution >= 0.6 is 22.9 Å². The molecule has 0 bridgehead atoms. The molecule has 152 valence electrons. The standard InChI is InChI=1S/C21H15ClFN3O3S/c1-12-5-6-15(10-16(12)23)26-20(28)19-17(7-8-30-19)25(21(26)29)11-18(27)24-14-4-2-3-13(22)9-14/h2-10H,11H2,1H3,(H,24,27). The average Bonchev–Trinajstić information content (AvgIpc) is 3.18. The van der Waals surface area contributed by atoms with Gasteiger partial charge in [0.15, 0.2) is 0 Å². The number of fused-ring (bicyclic) bond motifs is 1. The molecule has 0 spiro atoms. The van der Waals surface area contributed by atoms with Crippen LogP contribution in [0.2, 0.25) is 5.02 Å². The van der Waals surface area contributed by atoms with E-state index < -0.39 is 23.0 Å². The van der Waals surface area contributed by atoms with Gasteiger partial charge in [-0.3, -0.25) is 14.2 Å². The molecule has 30 heavy (non-hydrogen) atoms. The van der Waals surface area contributed by atoms with E-state index in [1.165, 1.54) is 16.7 Å². The number of hydrogen-bond acceptors (Lipinski definition) is 4. The van der Waals surface area contributed by atoms with E-state index in [9.17, 15) is 18.8 Å². The molecule has 1 N–H and O–H groups in total. The zero-order valence-electron chi connectivity index (χ0n) is 15.7. The first kappa shape index (κ1) is 20.1. The largest absolute Gasteiger partial charge is 0.336 e. The zero-order chi connectivity index (χ0) is 21.4. The summed E-state index contributed by atoms with van der Waals surface area (Å²) in [5.74, 6) is -0.998. The van der Waals surface area contributed by atoms with Gasteiger partial charge in [-0.15, -0.1) is 11.3 Å². The molecule has 1 amide bonds. The van der Waals surface area contributed by atoms with E-state index in [4.69, 9.17) is 11.6 Å². The van der Waals surface area contributed by atoms with E-state index in [1.54, 1.807) is 42.6 Å². The molecule has 0 aliphatic rings. The van der Waals surface area contributed by atoms with Crippen molar-refractivity contribution >= 4 is 44.7 Å². The van der Waals surface area contributed by atoms with E-state index in [1.807, 2.05) is 0 Å². The molecule has 0 aliphatic carbocycles. The monoisotopic (exact) mass is 443 g/mol. The van der Waals surface area contributed by atoms with Gasteiger partial charge in [0.05, 0.1) is 11.2 Å². The number of thiophene rings is 1. The van der Waals surface area contributed by atoms with Gasteiger partial charge < -0.3 is 5.32 Å². The van der Waals surface area contributed by atoms with Gasteiger partial charge >= 0.3 is 5.69 Å². The van der Waals surface area contributed by atoms with Crippen LogP contribution in [-0.2, 0) is 11.3 Å². The number of nitrogens with one attached hydrogen (secondary N) is 1. The molecule has 4 rings (SSSR count). The third kappa shape index (κ3) is 3.67. The fourth-order valence-corrected chi connectivity index (χ4v) is 4.11. The Balaban J connectivity index is 1.81. The summed E-state index contributed by atoms with van der Waals surface area (Å²) in [4.78, 5) is 38.6. The molecule has 2 aromatic carbocycles. The van der Waals surface area contributed by atoms with Crippen molar-refractivity contribution in [3.05, 3.63) is 91.2 Å². The van der Waals surface area contributed by atoms with E-state index >= 15 is 0 Å². The highest BCUT2D eigenvalue weighted by Crippen LogP contribution is 2.18. The molecular formula is C21H15ClFN3O3S. The highest BCUT2D eigenvalue weighted by molar-refractivity contribution is 7.17. The molecule has 4 aromatic rings. The Hall–Kier alpha value is -3.23. The maximum absolute atomic E-state index is 14.1. The minimum absolute atomic E-state index is 0.104. The molecular weight excluding hydrogens is 429 g/mol. The van der Waals surface area contributed by atoms with Crippen molar-refractivity contribution in [1.82, 2.24) is 9.13 Å². The number of carbonyl (C=O) groups excluding carboxylic acids is 1. The predicted octanol–water partition coefficient (Wildman–Crippen LogP) is 3.95. The van der Waals surface area contributed by atoms with Crippen LogP contribution in [0.25, 0.3) is 15.9 Å². The molecule has 6 nitrogen and oxygen atoms in total. The number of anilines is 1. The van der Waals surface area contributed by atoms with E-state index in [0.717, 1.165) is 22.0 Å². The first-order valence-corrected chi connectivity index (χ1v) is 10.2. The number of halogens is 2. The lowest BCUT2D eigenvalue weighted by Crippen LogP contribution is -2.40. The van der Waals surface area contributed by atoms with Crippen molar-refractivity contribution in [3.8, 4) is 5.69 Å². The lowest BCUT2D eigenvalue weighted by Gasteiger charge is -2.13. The van der Waals surface area contributed by atoms with Crippen LogP contribution < -0.4 is 16.6 Å². The predicted molar refractivity (Wildman–Crippen MR) is 116 cm³/mol. The van der Waals surface area contributed by atoms with Crippen molar-refractivity contribution in [2.75, 3.05) is 5.32 Å². The van der Waals surface area contributed by atoms with Crippen LogP contribution in [0.4, 0.5) is 10.1 Å². The fraction of sp³-hybridized carbons (Fsp3) is 0.0952. The highest BCUT2D eigenvalue weighted by Gasteiger charge is 2.18. The summed E-state index contributed by atoms with van der Waals surface area (Å²) in [6.07, 6.45) is 0. The number of rotatable bonds is 4. The van der Waals surface area contributed by atoms with Crippen molar-refractivity contribution in [2.24, 2.45) is 0 Å². The van der Waals surface area contributed by atoms with Gasteiger partial charge in [-0.25, -0.2) is 13.8 Å². The van der Waals surface area contributed by atoms with E-state index in [2.05, 4.69) is 5.32 Å². The molecule has 0 fully saturated rings. The van der Waals surface area contributed by atoms with Gasteiger partial charge in [-0.05, 0) is 54.3 Å². The Kier molecular flexibility index (Phi) is 5.27. The first-order valence-electron chi connectivity index (χ1n) is 8.90. The maximum Gasteiger partial charge on any atom is 0.336 e. The molecule has 2 heterocycles. The molecule has 0 radical (unpaired) electrons. The first-order chi connectivity index (χ1) is 14.3. The molecule has 0 atom stereocenters. The topological polar surface area (TPSA) is 73.1 Å². The van der Waals surface area contributed by atoms with E-state index in [0.29, 0.717) is 26.5 Å². The molecule has 0 unspecified atom stereocenters. The summed E-state index contributed by atoms with van der Waals surface area (Å²) in [5, 5.41) is 4.80. The smallest absolute Gasteiger partial charge is 0.324 e. The van der Waals surface area contributed by atoms with Crippen LogP contribution in [0.5, 0.6) is 0 Å². The Labute approximate surface area is 178 Å². The number of aromatic nitrogens is 2. The average molecular weight is 444 g/mol. The molecule has 0 aliphatic heterocycles. The Morgan fingerprint density at radius 3 is 2.70 bits per heavy atom. The van der Waals surface area contributed by atoms with Crippen LogP contribution in [0, 0.1) is 12.7 Å². The van der Waals surface area contributed by atoms with Gasteiger partial charge in [-0.1, -0.05) is 23.7 Å². The number of benzene rings is 2. The number of amides is 1. The Morgan fingerprint density at radius 2 is 1.97 bits per heavy atom. The second kappa shape index (κ2) is 7.89.